The van der Waals surface area contributed by atoms with Crippen molar-refractivity contribution in [1.82, 2.24) is 15.5 Å². The van der Waals surface area contributed by atoms with Crippen molar-refractivity contribution in [2.24, 2.45) is 10.9 Å². The fraction of sp³-hybridized carbons (Fsp3) is 0.895. The molecule has 0 heterocycles. The van der Waals surface area contributed by atoms with E-state index in [0.717, 1.165) is 44.6 Å². The number of carbonyl (C=O) groups excluding carboxylic acids is 1. The van der Waals surface area contributed by atoms with Crippen LogP contribution in [-0.4, -0.2) is 68.5 Å². The van der Waals surface area contributed by atoms with Crippen LogP contribution in [0.3, 0.4) is 0 Å². The number of nitrogens with one attached hydrogen (secondary N) is 2. The summed E-state index contributed by atoms with van der Waals surface area (Å²) in [7, 11) is 0. The van der Waals surface area contributed by atoms with Crippen molar-refractivity contribution >= 4 is 12.1 Å². The Kier molecular flexibility index (Phi) is 10.4. The lowest BCUT2D eigenvalue weighted by Crippen LogP contribution is -2.44. The van der Waals surface area contributed by atoms with Crippen LogP contribution in [0.2, 0.25) is 0 Å². The number of hydrogen-bond donors (Lipinski definition) is 2. The number of carbonyl (C=O) groups is 1. The van der Waals surface area contributed by atoms with Gasteiger partial charge in [0.05, 0.1) is 0 Å². The Hall–Kier alpha value is -1.50. The molecule has 1 fully saturated rings. The molecule has 152 valence electrons. The summed E-state index contributed by atoms with van der Waals surface area (Å²) < 4.78 is 11.0. The van der Waals surface area contributed by atoms with Crippen LogP contribution >= 0.6 is 0 Å². The summed E-state index contributed by atoms with van der Waals surface area (Å²) in [6.07, 6.45) is 3.29. The fourth-order valence-electron chi connectivity index (χ4n) is 2.25. The standard InChI is InChI=1S/C19H38N4O3/c1-6-20-17(21-11-8-14-25-15-16-9-10-16)22-12-13-23(7-2)18(24)26-19(3,4)5/h16H,6-15H2,1-5H3,(H2,20,21,22). The monoisotopic (exact) mass is 370 g/mol. The number of aliphatic imine (C=N–C) groups is 1. The third kappa shape index (κ3) is 11.2. The minimum atomic E-state index is -0.476. The lowest BCUT2D eigenvalue weighted by atomic mass is 10.2. The molecule has 0 aliphatic heterocycles. The number of hydrogen-bond acceptors (Lipinski definition) is 4. The zero-order valence-corrected chi connectivity index (χ0v) is 17.3. The van der Waals surface area contributed by atoms with Gasteiger partial charge >= 0.3 is 6.09 Å². The average Bonchev–Trinajstić information content (AvgIpc) is 3.37. The number of ether oxygens (including phenoxy) is 2. The Bertz CT molecular complexity index is 431. The summed E-state index contributed by atoms with van der Waals surface area (Å²) in [6, 6.07) is 0. The van der Waals surface area contributed by atoms with Gasteiger partial charge in [-0.1, -0.05) is 0 Å². The molecule has 0 atom stereocenters. The maximum atomic E-state index is 12.1. The quantitative estimate of drug-likeness (QED) is 0.332. The molecule has 0 aromatic heterocycles. The predicted molar refractivity (Wildman–Crippen MR) is 106 cm³/mol. The van der Waals surface area contributed by atoms with Crippen LogP contribution in [0, 0.1) is 5.92 Å². The number of rotatable bonds is 11. The van der Waals surface area contributed by atoms with E-state index in [1.807, 2.05) is 34.6 Å². The minimum Gasteiger partial charge on any atom is -0.444 e. The second kappa shape index (κ2) is 12.0. The van der Waals surface area contributed by atoms with E-state index in [1.165, 1.54) is 12.8 Å². The molecule has 0 saturated heterocycles. The number of likely N-dealkylation sites (N-methyl/N-ethyl adjacent to an activating group) is 1. The van der Waals surface area contributed by atoms with Crippen molar-refractivity contribution in [1.29, 1.82) is 0 Å². The first kappa shape index (κ1) is 22.5. The third-order valence-corrected chi connectivity index (χ3v) is 3.82. The molecule has 0 bridgehead atoms. The summed E-state index contributed by atoms with van der Waals surface area (Å²) in [4.78, 5) is 18.4. The van der Waals surface area contributed by atoms with Crippen LogP contribution in [0.15, 0.2) is 4.99 Å². The summed E-state index contributed by atoms with van der Waals surface area (Å²) in [6.45, 7) is 14.6. The van der Waals surface area contributed by atoms with Crippen molar-refractivity contribution in [3.63, 3.8) is 0 Å². The molecular formula is C19H38N4O3. The highest BCUT2D eigenvalue weighted by Gasteiger charge is 2.21. The van der Waals surface area contributed by atoms with Gasteiger partial charge in [-0.15, -0.1) is 0 Å². The molecule has 7 nitrogen and oxygen atoms in total. The topological polar surface area (TPSA) is 75.2 Å². The van der Waals surface area contributed by atoms with Crippen LogP contribution in [0.4, 0.5) is 4.79 Å². The zero-order chi connectivity index (χ0) is 19.4. The molecule has 1 aliphatic carbocycles. The number of amides is 1. The molecule has 1 amide bonds. The van der Waals surface area contributed by atoms with Gasteiger partial charge in [-0.25, -0.2) is 4.79 Å². The second-order valence-electron chi connectivity index (χ2n) is 7.62. The van der Waals surface area contributed by atoms with Crippen molar-refractivity contribution in [3.05, 3.63) is 0 Å². The van der Waals surface area contributed by atoms with Gasteiger partial charge < -0.3 is 25.0 Å². The Morgan fingerprint density at radius 3 is 2.54 bits per heavy atom. The molecule has 2 N–H and O–H groups in total. The lowest BCUT2D eigenvalue weighted by molar-refractivity contribution is 0.0264. The van der Waals surface area contributed by atoms with Crippen molar-refractivity contribution in [2.75, 3.05) is 45.9 Å². The van der Waals surface area contributed by atoms with Crippen LogP contribution in [0.5, 0.6) is 0 Å². The van der Waals surface area contributed by atoms with Gasteiger partial charge in [0.25, 0.3) is 0 Å². The molecule has 0 aromatic carbocycles. The van der Waals surface area contributed by atoms with E-state index in [0.29, 0.717) is 19.6 Å². The fourth-order valence-corrected chi connectivity index (χ4v) is 2.25. The molecule has 0 aromatic rings. The normalized spacial score (nSPS) is 14.9. The maximum Gasteiger partial charge on any atom is 0.410 e. The highest BCUT2D eigenvalue weighted by atomic mass is 16.6. The second-order valence-corrected chi connectivity index (χ2v) is 7.62. The minimum absolute atomic E-state index is 0.281. The number of guanidine groups is 1. The predicted octanol–water partition coefficient (Wildman–Crippen LogP) is 2.62. The zero-order valence-electron chi connectivity index (χ0n) is 17.3. The van der Waals surface area contributed by atoms with Crippen LogP contribution in [0.1, 0.15) is 53.9 Å². The summed E-state index contributed by atoms with van der Waals surface area (Å²) >= 11 is 0. The Balaban J connectivity index is 2.26. The Morgan fingerprint density at radius 1 is 1.23 bits per heavy atom. The van der Waals surface area contributed by atoms with Gasteiger partial charge in [0, 0.05) is 45.9 Å². The van der Waals surface area contributed by atoms with Gasteiger partial charge in [-0.05, 0) is 59.8 Å². The molecule has 1 aliphatic rings. The molecule has 7 heteroatoms. The Labute approximate surface area is 158 Å². The molecule has 1 rings (SSSR count). The van der Waals surface area contributed by atoms with E-state index in [2.05, 4.69) is 15.6 Å². The first-order chi connectivity index (χ1) is 12.4. The summed E-state index contributed by atoms with van der Waals surface area (Å²) in [5.74, 6) is 1.58. The van der Waals surface area contributed by atoms with E-state index in [-0.39, 0.29) is 6.09 Å². The van der Waals surface area contributed by atoms with Gasteiger partial charge in [0.15, 0.2) is 5.96 Å². The van der Waals surface area contributed by atoms with E-state index < -0.39 is 5.60 Å². The van der Waals surface area contributed by atoms with Crippen LogP contribution < -0.4 is 10.6 Å². The van der Waals surface area contributed by atoms with Crippen molar-refractivity contribution < 1.29 is 14.3 Å². The van der Waals surface area contributed by atoms with Crippen LogP contribution in [-0.2, 0) is 9.47 Å². The maximum absolute atomic E-state index is 12.1. The largest absolute Gasteiger partial charge is 0.444 e. The average molecular weight is 371 g/mol. The molecular weight excluding hydrogens is 332 g/mol. The molecule has 1 saturated carbocycles. The molecule has 0 spiro atoms. The molecule has 26 heavy (non-hydrogen) atoms. The third-order valence-electron chi connectivity index (χ3n) is 3.82. The lowest BCUT2D eigenvalue weighted by Gasteiger charge is -2.26. The Morgan fingerprint density at radius 2 is 1.96 bits per heavy atom. The summed E-state index contributed by atoms with van der Waals surface area (Å²) in [5, 5.41) is 6.50. The summed E-state index contributed by atoms with van der Waals surface area (Å²) in [5.41, 5.74) is -0.476. The SMILES string of the molecule is CCNC(=NCCCOCC1CC1)NCCN(CC)C(=O)OC(C)(C)C. The highest BCUT2D eigenvalue weighted by molar-refractivity contribution is 5.79. The van der Waals surface area contributed by atoms with Crippen molar-refractivity contribution in [2.45, 2.75) is 59.5 Å². The van der Waals surface area contributed by atoms with Gasteiger partial charge in [0.1, 0.15) is 5.60 Å². The van der Waals surface area contributed by atoms with Gasteiger partial charge in [-0.2, -0.15) is 0 Å². The van der Waals surface area contributed by atoms with Gasteiger partial charge in [0.2, 0.25) is 0 Å². The smallest absolute Gasteiger partial charge is 0.410 e. The first-order valence-electron chi connectivity index (χ1n) is 9.93. The van der Waals surface area contributed by atoms with Gasteiger partial charge in [-0.3, -0.25) is 4.99 Å². The molecule has 0 unspecified atom stereocenters. The number of nitrogens with zero attached hydrogens (tertiary/aromatic N) is 2. The van der Waals surface area contributed by atoms with E-state index in [1.54, 1.807) is 4.90 Å². The molecule has 0 radical (unpaired) electrons. The highest BCUT2D eigenvalue weighted by Crippen LogP contribution is 2.28. The van der Waals surface area contributed by atoms with E-state index >= 15 is 0 Å². The van der Waals surface area contributed by atoms with Crippen molar-refractivity contribution in [3.8, 4) is 0 Å². The van der Waals surface area contributed by atoms with Crippen LogP contribution in [0.25, 0.3) is 0 Å². The van der Waals surface area contributed by atoms with E-state index in [9.17, 15) is 4.79 Å². The van der Waals surface area contributed by atoms with E-state index in [4.69, 9.17) is 9.47 Å². The first-order valence-corrected chi connectivity index (χ1v) is 9.93.